The predicted molar refractivity (Wildman–Crippen MR) is 77.0 cm³/mol. The Morgan fingerprint density at radius 2 is 2.35 bits per heavy atom. The summed E-state index contributed by atoms with van der Waals surface area (Å²) in [7, 11) is -2.15. The maximum absolute atomic E-state index is 12.5. The number of halogens is 1. The molecule has 8 heteroatoms. The van der Waals surface area contributed by atoms with E-state index in [2.05, 4.69) is 4.98 Å². The van der Waals surface area contributed by atoms with Crippen molar-refractivity contribution in [1.82, 2.24) is 9.29 Å². The van der Waals surface area contributed by atoms with E-state index >= 15 is 0 Å². The molecule has 2 rings (SSSR count). The Kier molecular flexibility index (Phi) is 4.85. The van der Waals surface area contributed by atoms with E-state index in [1.165, 1.54) is 23.6 Å². The number of hydrogen-bond donors (Lipinski definition) is 1. The molecular weight excluding hydrogens is 302 g/mol. The number of nitrogens with zero attached hydrogens (tertiary/aromatic N) is 2. The fraction of sp³-hybridized carbons (Fsp3) is 0.583. The third-order valence-electron chi connectivity index (χ3n) is 3.31. The zero-order chi connectivity index (χ0) is 14.8. The molecule has 0 radical (unpaired) electrons. The van der Waals surface area contributed by atoms with Crippen LogP contribution in [0, 0.1) is 5.92 Å². The van der Waals surface area contributed by atoms with E-state index in [1.807, 2.05) is 0 Å². The Balaban J connectivity index is 2.18. The molecule has 2 heterocycles. The number of nitrogens with two attached hydrogens (primary N) is 1. The van der Waals surface area contributed by atoms with Crippen molar-refractivity contribution in [2.24, 2.45) is 5.92 Å². The minimum atomic E-state index is -3.69. The van der Waals surface area contributed by atoms with Crippen LogP contribution in [0.4, 0.5) is 5.82 Å². The zero-order valence-electron chi connectivity index (χ0n) is 11.3. The second-order valence-electron chi connectivity index (χ2n) is 4.91. The predicted octanol–water partition coefficient (Wildman–Crippen LogP) is 1.36. The largest absolute Gasteiger partial charge is 0.383 e. The van der Waals surface area contributed by atoms with Gasteiger partial charge in [-0.2, -0.15) is 0 Å². The number of pyridine rings is 1. The lowest BCUT2D eigenvalue weighted by Gasteiger charge is -2.26. The van der Waals surface area contributed by atoms with Crippen molar-refractivity contribution >= 4 is 27.4 Å². The standard InChI is InChI=1S/C12H18ClN3O3S/c1-16(7-9-3-2-4-19-8-9)20(17,18)11-5-10(13)6-15-12(11)14/h5-6,9H,2-4,7-8H2,1H3,(H2,14,15). The van der Waals surface area contributed by atoms with Crippen LogP contribution in [-0.4, -0.2) is 44.5 Å². The lowest BCUT2D eigenvalue weighted by atomic mass is 10.0. The minimum Gasteiger partial charge on any atom is -0.383 e. The average Bonchev–Trinajstić information content (AvgIpc) is 2.42. The summed E-state index contributed by atoms with van der Waals surface area (Å²) < 4.78 is 31.6. The molecule has 112 valence electrons. The summed E-state index contributed by atoms with van der Waals surface area (Å²) >= 11 is 5.80. The maximum Gasteiger partial charge on any atom is 0.246 e. The molecule has 1 atom stereocenters. The molecule has 0 aliphatic carbocycles. The highest BCUT2D eigenvalue weighted by molar-refractivity contribution is 7.89. The molecule has 1 saturated heterocycles. The Morgan fingerprint density at radius 1 is 1.60 bits per heavy atom. The van der Waals surface area contributed by atoms with Crippen LogP contribution in [0.25, 0.3) is 0 Å². The third-order valence-corrected chi connectivity index (χ3v) is 5.37. The molecule has 1 aromatic rings. The first-order valence-electron chi connectivity index (χ1n) is 6.36. The number of rotatable bonds is 4. The fourth-order valence-electron chi connectivity index (χ4n) is 2.22. The summed E-state index contributed by atoms with van der Waals surface area (Å²) in [6.07, 6.45) is 3.24. The van der Waals surface area contributed by atoms with Gasteiger partial charge < -0.3 is 10.5 Å². The van der Waals surface area contributed by atoms with Crippen LogP contribution >= 0.6 is 11.6 Å². The van der Waals surface area contributed by atoms with Gasteiger partial charge in [0.15, 0.2) is 0 Å². The molecule has 1 aliphatic heterocycles. The second kappa shape index (κ2) is 6.26. The first-order valence-corrected chi connectivity index (χ1v) is 8.18. The van der Waals surface area contributed by atoms with Crippen molar-refractivity contribution in [3.05, 3.63) is 17.3 Å². The number of ether oxygens (including phenoxy) is 1. The minimum absolute atomic E-state index is 0.0406. The lowest BCUT2D eigenvalue weighted by Crippen LogP contribution is -2.35. The summed E-state index contributed by atoms with van der Waals surface area (Å²) in [6.45, 7) is 1.73. The first kappa shape index (κ1) is 15.5. The molecule has 0 spiro atoms. The van der Waals surface area contributed by atoms with E-state index in [0.717, 1.165) is 19.4 Å². The molecule has 0 saturated carbocycles. The monoisotopic (exact) mass is 319 g/mol. The van der Waals surface area contributed by atoms with Gasteiger partial charge in [-0.05, 0) is 24.8 Å². The van der Waals surface area contributed by atoms with E-state index < -0.39 is 10.0 Å². The van der Waals surface area contributed by atoms with Crippen LogP contribution in [0.3, 0.4) is 0 Å². The van der Waals surface area contributed by atoms with Crippen molar-refractivity contribution in [3.63, 3.8) is 0 Å². The summed E-state index contributed by atoms with van der Waals surface area (Å²) in [5.74, 6) is 0.165. The van der Waals surface area contributed by atoms with Crippen LogP contribution in [0.15, 0.2) is 17.2 Å². The molecule has 1 fully saturated rings. The summed E-state index contributed by atoms with van der Waals surface area (Å²) in [4.78, 5) is 3.74. The first-order chi connectivity index (χ1) is 9.41. The molecule has 6 nitrogen and oxygen atoms in total. The van der Waals surface area contributed by atoms with Crippen LogP contribution in [0.5, 0.6) is 0 Å². The van der Waals surface area contributed by atoms with Crippen LogP contribution in [0.2, 0.25) is 5.02 Å². The van der Waals surface area contributed by atoms with E-state index in [0.29, 0.717) is 13.2 Å². The highest BCUT2D eigenvalue weighted by Gasteiger charge is 2.27. The number of anilines is 1. The highest BCUT2D eigenvalue weighted by Crippen LogP contribution is 2.24. The van der Waals surface area contributed by atoms with Crippen molar-refractivity contribution < 1.29 is 13.2 Å². The SMILES string of the molecule is CN(CC1CCCOC1)S(=O)(=O)c1cc(Cl)cnc1N. The maximum atomic E-state index is 12.5. The molecule has 0 bridgehead atoms. The Hall–Kier alpha value is -0.890. The number of aromatic nitrogens is 1. The molecule has 1 aromatic heterocycles. The Labute approximate surface area is 123 Å². The quantitative estimate of drug-likeness (QED) is 0.905. The van der Waals surface area contributed by atoms with Gasteiger partial charge in [-0.1, -0.05) is 11.6 Å². The van der Waals surface area contributed by atoms with Crippen LogP contribution in [0.1, 0.15) is 12.8 Å². The van der Waals surface area contributed by atoms with Crippen molar-refractivity contribution in [1.29, 1.82) is 0 Å². The Bertz CT molecular complexity index is 573. The van der Waals surface area contributed by atoms with Gasteiger partial charge in [0.2, 0.25) is 10.0 Å². The average molecular weight is 320 g/mol. The number of hydrogen-bond acceptors (Lipinski definition) is 5. The third kappa shape index (κ3) is 3.41. The topological polar surface area (TPSA) is 85.5 Å². The van der Waals surface area contributed by atoms with Crippen molar-refractivity contribution in [2.75, 3.05) is 32.5 Å². The fourth-order valence-corrected chi connectivity index (χ4v) is 3.78. The van der Waals surface area contributed by atoms with Gasteiger partial charge in [0.1, 0.15) is 10.7 Å². The van der Waals surface area contributed by atoms with Crippen molar-refractivity contribution in [3.8, 4) is 0 Å². The van der Waals surface area contributed by atoms with Crippen molar-refractivity contribution in [2.45, 2.75) is 17.7 Å². The van der Waals surface area contributed by atoms with Gasteiger partial charge in [-0.3, -0.25) is 0 Å². The summed E-state index contributed by atoms with van der Waals surface area (Å²) in [6, 6.07) is 1.33. The van der Waals surface area contributed by atoms with Gasteiger partial charge >= 0.3 is 0 Å². The van der Waals surface area contributed by atoms with E-state index in [-0.39, 0.29) is 21.7 Å². The van der Waals surface area contributed by atoms with Gasteiger partial charge in [0, 0.05) is 26.4 Å². The van der Waals surface area contributed by atoms with E-state index in [4.69, 9.17) is 22.1 Å². The van der Waals surface area contributed by atoms with Gasteiger partial charge in [-0.15, -0.1) is 0 Å². The summed E-state index contributed by atoms with van der Waals surface area (Å²) in [5.41, 5.74) is 5.65. The molecule has 20 heavy (non-hydrogen) atoms. The lowest BCUT2D eigenvalue weighted by molar-refractivity contribution is 0.0495. The molecule has 1 aliphatic rings. The molecule has 2 N–H and O–H groups in total. The van der Waals surface area contributed by atoms with E-state index in [9.17, 15) is 8.42 Å². The molecule has 0 aromatic carbocycles. The Morgan fingerprint density at radius 3 is 3.00 bits per heavy atom. The van der Waals surface area contributed by atoms with Crippen LogP contribution < -0.4 is 5.73 Å². The van der Waals surface area contributed by atoms with Crippen LogP contribution in [-0.2, 0) is 14.8 Å². The number of nitrogen functional groups attached to an aromatic ring is 1. The van der Waals surface area contributed by atoms with E-state index in [1.54, 1.807) is 0 Å². The summed E-state index contributed by atoms with van der Waals surface area (Å²) in [5, 5.41) is 0.243. The normalized spacial score (nSPS) is 20.2. The molecule has 0 amide bonds. The van der Waals surface area contributed by atoms with Gasteiger partial charge in [0.05, 0.1) is 11.6 Å². The van der Waals surface area contributed by atoms with Gasteiger partial charge in [0.25, 0.3) is 0 Å². The highest BCUT2D eigenvalue weighted by atomic mass is 35.5. The molecule has 1 unspecified atom stereocenters. The smallest absolute Gasteiger partial charge is 0.246 e. The zero-order valence-corrected chi connectivity index (χ0v) is 12.8. The molecular formula is C12H18ClN3O3S. The number of sulfonamides is 1. The second-order valence-corrected chi connectivity index (χ2v) is 7.36. The van der Waals surface area contributed by atoms with Gasteiger partial charge in [-0.25, -0.2) is 17.7 Å².